The molecule has 0 fully saturated rings. The van der Waals surface area contributed by atoms with Gasteiger partial charge in [0.15, 0.2) is 0 Å². The maximum atomic E-state index is 14.1. The molecular weight excluding hydrogens is 407 g/mol. The van der Waals surface area contributed by atoms with Gasteiger partial charge in [0.2, 0.25) is 15.9 Å². The zero-order valence-electron chi connectivity index (χ0n) is 16.2. The van der Waals surface area contributed by atoms with E-state index >= 15 is 0 Å². The Morgan fingerprint density at radius 1 is 1.00 bits per heavy atom. The number of amides is 1. The first-order chi connectivity index (χ1) is 14.4. The van der Waals surface area contributed by atoms with Gasteiger partial charge in [-0.15, -0.1) is 0 Å². The summed E-state index contributed by atoms with van der Waals surface area (Å²) in [5.41, 5.74) is 1.20. The molecule has 0 saturated heterocycles. The van der Waals surface area contributed by atoms with Crippen molar-refractivity contribution in [1.29, 1.82) is 0 Å². The quantitative estimate of drug-likeness (QED) is 0.576. The predicted octanol–water partition coefficient (Wildman–Crippen LogP) is 3.36. The monoisotopic (exact) mass is 428 g/mol. The van der Waals surface area contributed by atoms with Crippen LogP contribution in [-0.2, 0) is 21.2 Å². The fourth-order valence-corrected chi connectivity index (χ4v) is 4.16. The molecule has 1 amide bonds. The minimum absolute atomic E-state index is 0.0876. The second kappa shape index (κ2) is 9.51. The molecule has 0 heterocycles. The second-order valence-corrected chi connectivity index (χ2v) is 8.20. The van der Waals surface area contributed by atoms with Crippen LogP contribution in [0.1, 0.15) is 5.56 Å². The molecule has 3 aromatic rings. The Hall–Kier alpha value is -3.23. The van der Waals surface area contributed by atoms with E-state index in [4.69, 9.17) is 4.74 Å². The molecule has 0 aromatic heterocycles. The molecule has 30 heavy (non-hydrogen) atoms. The summed E-state index contributed by atoms with van der Waals surface area (Å²) in [7, 11) is -2.77. The molecule has 0 radical (unpaired) electrons. The van der Waals surface area contributed by atoms with Gasteiger partial charge in [-0.2, -0.15) is 4.72 Å². The summed E-state index contributed by atoms with van der Waals surface area (Å²) < 4.78 is 47.1. The van der Waals surface area contributed by atoms with Crippen LogP contribution in [0.15, 0.2) is 83.8 Å². The number of ether oxygens (including phenoxy) is 1. The molecule has 0 saturated carbocycles. The van der Waals surface area contributed by atoms with Crippen molar-refractivity contribution >= 4 is 21.6 Å². The highest BCUT2D eigenvalue weighted by Gasteiger charge is 2.28. The van der Waals surface area contributed by atoms with Gasteiger partial charge >= 0.3 is 0 Å². The van der Waals surface area contributed by atoms with Gasteiger partial charge in [-0.3, -0.25) is 4.79 Å². The normalized spacial score (nSPS) is 12.2. The van der Waals surface area contributed by atoms with Crippen molar-refractivity contribution in [2.24, 2.45) is 0 Å². The Morgan fingerprint density at radius 3 is 2.40 bits per heavy atom. The fourth-order valence-electron chi connectivity index (χ4n) is 2.88. The van der Waals surface area contributed by atoms with E-state index in [0.29, 0.717) is 11.4 Å². The molecule has 0 aliphatic heterocycles. The number of nitrogens with one attached hydrogen (secondary N) is 2. The largest absolute Gasteiger partial charge is 0.497 e. The third-order valence-corrected chi connectivity index (χ3v) is 5.86. The van der Waals surface area contributed by atoms with E-state index < -0.39 is 32.7 Å². The van der Waals surface area contributed by atoms with Gasteiger partial charge in [-0.05, 0) is 36.2 Å². The van der Waals surface area contributed by atoms with Gasteiger partial charge in [-0.25, -0.2) is 12.8 Å². The van der Waals surface area contributed by atoms with E-state index in [1.165, 1.54) is 19.2 Å². The Bertz CT molecular complexity index is 1120. The number of halogens is 1. The lowest BCUT2D eigenvalue weighted by Gasteiger charge is -2.19. The highest BCUT2D eigenvalue weighted by Crippen LogP contribution is 2.19. The van der Waals surface area contributed by atoms with Crippen molar-refractivity contribution in [3.05, 3.63) is 90.2 Å². The van der Waals surface area contributed by atoms with Crippen LogP contribution in [-0.4, -0.2) is 27.5 Å². The molecule has 0 aliphatic carbocycles. The Balaban J connectivity index is 1.88. The van der Waals surface area contributed by atoms with Gasteiger partial charge in [0.1, 0.15) is 22.5 Å². The van der Waals surface area contributed by atoms with E-state index in [0.717, 1.165) is 17.7 Å². The number of sulfonamides is 1. The molecule has 156 valence electrons. The van der Waals surface area contributed by atoms with Crippen LogP contribution in [0.2, 0.25) is 0 Å². The van der Waals surface area contributed by atoms with Crippen LogP contribution in [0.4, 0.5) is 10.1 Å². The van der Waals surface area contributed by atoms with Crippen LogP contribution < -0.4 is 14.8 Å². The van der Waals surface area contributed by atoms with Crippen LogP contribution in [0, 0.1) is 5.82 Å². The first-order valence-corrected chi connectivity index (χ1v) is 10.6. The molecule has 0 spiro atoms. The first kappa shape index (κ1) is 21.5. The van der Waals surface area contributed by atoms with Gasteiger partial charge in [0.05, 0.1) is 7.11 Å². The molecule has 3 aromatic carbocycles. The van der Waals surface area contributed by atoms with Gasteiger partial charge < -0.3 is 10.1 Å². The smallest absolute Gasteiger partial charge is 0.244 e. The summed E-state index contributed by atoms with van der Waals surface area (Å²) in [6.07, 6.45) is 0.0876. The van der Waals surface area contributed by atoms with Gasteiger partial charge in [0.25, 0.3) is 0 Å². The molecule has 6 nitrogen and oxygen atoms in total. The molecule has 8 heteroatoms. The SMILES string of the molecule is COc1cccc(NC(=O)C(Cc2ccccc2)NS(=O)(=O)c2ccccc2F)c1. The standard InChI is InChI=1S/C22H21FN2O4S/c1-29-18-11-7-10-17(15-18)24-22(26)20(14-16-8-3-2-4-9-16)25-30(27,28)21-13-6-5-12-19(21)23/h2-13,15,20,25H,14H2,1H3,(H,24,26). The predicted molar refractivity (Wildman–Crippen MR) is 112 cm³/mol. The minimum Gasteiger partial charge on any atom is -0.497 e. The number of carbonyl (C=O) groups excluding carboxylic acids is 1. The lowest BCUT2D eigenvalue weighted by molar-refractivity contribution is -0.117. The number of carbonyl (C=O) groups is 1. The average molecular weight is 428 g/mol. The Labute approximate surface area is 174 Å². The van der Waals surface area contributed by atoms with Crippen molar-refractivity contribution in [1.82, 2.24) is 4.72 Å². The van der Waals surface area contributed by atoms with Crippen molar-refractivity contribution in [3.63, 3.8) is 0 Å². The van der Waals surface area contributed by atoms with Crippen LogP contribution in [0.5, 0.6) is 5.75 Å². The summed E-state index contributed by atoms with van der Waals surface area (Å²) in [4.78, 5) is 12.4. The summed E-state index contributed by atoms with van der Waals surface area (Å²) in [6.45, 7) is 0. The van der Waals surface area contributed by atoms with Crippen molar-refractivity contribution in [2.45, 2.75) is 17.4 Å². The lowest BCUT2D eigenvalue weighted by atomic mass is 10.1. The molecule has 0 aliphatic rings. The van der Waals surface area contributed by atoms with E-state index in [-0.39, 0.29) is 6.42 Å². The van der Waals surface area contributed by atoms with E-state index in [9.17, 15) is 17.6 Å². The number of hydrogen-bond donors (Lipinski definition) is 2. The van der Waals surface area contributed by atoms with E-state index in [2.05, 4.69) is 10.0 Å². The number of benzene rings is 3. The second-order valence-electron chi connectivity index (χ2n) is 6.52. The molecule has 2 N–H and O–H groups in total. The van der Waals surface area contributed by atoms with E-state index in [1.807, 2.05) is 6.07 Å². The number of rotatable bonds is 8. The number of methoxy groups -OCH3 is 1. The summed E-state index contributed by atoms with van der Waals surface area (Å²) in [5, 5.41) is 2.69. The zero-order chi connectivity index (χ0) is 21.6. The van der Waals surface area contributed by atoms with Gasteiger partial charge in [0, 0.05) is 11.8 Å². The molecule has 1 atom stereocenters. The van der Waals surface area contributed by atoms with Crippen molar-refractivity contribution in [2.75, 3.05) is 12.4 Å². The van der Waals surface area contributed by atoms with Crippen molar-refractivity contribution in [3.8, 4) is 5.75 Å². The number of anilines is 1. The molecule has 3 rings (SSSR count). The Morgan fingerprint density at radius 2 is 1.70 bits per heavy atom. The van der Waals surface area contributed by atoms with Crippen molar-refractivity contribution < 1.29 is 22.3 Å². The van der Waals surface area contributed by atoms with Gasteiger partial charge in [-0.1, -0.05) is 48.5 Å². The average Bonchev–Trinajstić information content (AvgIpc) is 2.74. The third kappa shape index (κ3) is 5.43. The lowest BCUT2D eigenvalue weighted by Crippen LogP contribution is -2.45. The summed E-state index contributed by atoms with van der Waals surface area (Å²) >= 11 is 0. The van der Waals surface area contributed by atoms with Crippen LogP contribution in [0.25, 0.3) is 0 Å². The number of hydrogen-bond acceptors (Lipinski definition) is 4. The fraction of sp³-hybridized carbons (Fsp3) is 0.136. The zero-order valence-corrected chi connectivity index (χ0v) is 17.0. The van der Waals surface area contributed by atoms with E-state index in [1.54, 1.807) is 48.5 Å². The van der Waals surface area contributed by atoms with Crippen LogP contribution in [0.3, 0.4) is 0 Å². The minimum atomic E-state index is -4.27. The Kier molecular flexibility index (Phi) is 6.81. The maximum absolute atomic E-state index is 14.1. The van der Waals surface area contributed by atoms with Crippen LogP contribution >= 0.6 is 0 Å². The maximum Gasteiger partial charge on any atom is 0.244 e. The summed E-state index contributed by atoms with van der Waals surface area (Å²) in [6, 6.07) is 19.5. The summed E-state index contributed by atoms with van der Waals surface area (Å²) in [5.74, 6) is -0.928. The molecule has 1 unspecified atom stereocenters. The topological polar surface area (TPSA) is 84.5 Å². The third-order valence-electron chi connectivity index (χ3n) is 4.36. The molecular formula is C22H21FN2O4S. The molecule has 0 bridgehead atoms. The first-order valence-electron chi connectivity index (χ1n) is 9.15. The highest BCUT2D eigenvalue weighted by molar-refractivity contribution is 7.89. The highest BCUT2D eigenvalue weighted by atomic mass is 32.2.